The molecule has 9 heteroatoms. The van der Waals surface area contributed by atoms with Gasteiger partial charge in [-0.25, -0.2) is 4.79 Å². The molecule has 166 valence electrons. The summed E-state index contributed by atoms with van der Waals surface area (Å²) in [6.45, 7) is -0.705. The van der Waals surface area contributed by atoms with Gasteiger partial charge in [-0.15, -0.1) is 0 Å². The average Bonchev–Trinajstić information content (AvgIpc) is 2.78. The molecule has 0 bridgehead atoms. The highest BCUT2D eigenvalue weighted by Crippen LogP contribution is 2.26. The maximum Gasteiger partial charge on any atom is 0.330 e. The van der Waals surface area contributed by atoms with Gasteiger partial charge in [0.2, 0.25) is 6.29 Å². The minimum atomic E-state index is -1.60. The standard InChI is InChI=1S/C22H24O9/c23-11-14-3-1-2-4-16(14)30-22-21(28)20(27)19(26)17(31-22)12-29-18(25)10-7-13-5-8-15(24)9-6-13/h1-10,17,19-24,26-28H,11-12H2. The summed E-state index contributed by atoms with van der Waals surface area (Å²) in [5, 5.41) is 49.2. The number of para-hydroxylation sites is 1. The van der Waals surface area contributed by atoms with E-state index in [2.05, 4.69) is 0 Å². The van der Waals surface area contributed by atoms with E-state index < -0.39 is 43.3 Å². The van der Waals surface area contributed by atoms with E-state index in [4.69, 9.17) is 14.2 Å². The summed E-state index contributed by atoms with van der Waals surface area (Å²) >= 11 is 0. The Morgan fingerprint density at radius 1 is 1.00 bits per heavy atom. The normalized spacial score (nSPS) is 26.0. The highest BCUT2D eigenvalue weighted by Gasteiger charge is 2.45. The number of aromatic hydroxyl groups is 1. The summed E-state index contributed by atoms with van der Waals surface area (Å²) in [6, 6.07) is 12.7. The predicted octanol–water partition coefficient (Wildman–Crippen LogP) is 0.327. The van der Waals surface area contributed by atoms with Gasteiger partial charge in [0.15, 0.2) is 0 Å². The van der Waals surface area contributed by atoms with Crippen LogP contribution in [0.15, 0.2) is 54.6 Å². The number of ether oxygens (including phenoxy) is 3. The van der Waals surface area contributed by atoms with Gasteiger partial charge in [0.1, 0.15) is 42.5 Å². The molecule has 0 spiro atoms. The molecule has 1 aliphatic rings. The van der Waals surface area contributed by atoms with Crippen LogP contribution in [0.3, 0.4) is 0 Å². The van der Waals surface area contributed by atoms with Crippen LogP contribution in [0.2, 0.25) is 0 Å². The van der Waals surface area contributed by atoms with E-state index in [1.54, 1.807) is 36.4 Å². The lowest BCUT2D eigenvalue weighted by molar-refractivity contribution is -0.278. The zero-order valence-corrected chi connectivity index (χ0v) is 16.4. The lowest BCUT2D eigenvalue weighted by Crippen LogP contribution is -2.60. The van der Waals surface area contributed by atoms with Crippen molar-refractivity contribution in [2.45, 2.75) is 37.3 Å². The second-order valence-electron chi connectivity index (χ2n) is 6.95. The molecular weight excluding hydrogens is 408 g/mol. The van der Waals surface area contributed by atoms with Gasteiger partial charge in [0.25, 0.3) is 0 Å². The Bertz CT molecular complexity index is 896. The molecule has 31 heavy (non-hydrogen) atoms. The maximum absolute atomic E-state index is 12.0. The van der Waals surface area contributed by atoms with E-state index in [-0.39, 0.29) is 18.1 Å². The van der Waals surface area contributed by atoms with Crippen molar-refractivity contribution in [2.24, 2.45) is 0 Å². The first-order valence-electron chi connectivity index (χ1n) is 9.58. The molecule has 1 fully saturated rings. The van der Waals surface area contributed by atoms with Crippen molar-refractivity contribution in [3.63, 3.8) is 0 Å². The van der Waals surface area contributed by atoms with Crippen molar-refractivity contribution in [1.29, 1.82) is 0 Å². The molecule has 3 rings (SSSR count). The molecule has 0 saturated carbocycles. The topological polar surface area (TPSA) is 146 Å². The summed E-state index contributed by atoms with van der Waals surface area (Å²) < 4.78 is 16.2. The van der Waals surface area contributed by atoms with Crippen LogP contribution in [-0.4, -0.2) is 68.8 Å². The lowest BCUT2D eigenvalue weighted by atomic mass is 9.99. The van der Waals surface area contributed by atoms with E-state index in [9.17, 15) is 30.3 Å². The molecule has 0 amide bonds. The number of hydrogen-bond donors (Lipinski definition) is 5. The summed E-state index contributed by atoms with van der Waals surface area (Å²) in [5.74, 6) is -0.375. The highest BCUT2D eigenvalue weighted by atomic mass is 16.7. The average molecular weight is 432 g/mol. The van der Waals surface area contributed by atoms with Crippen LogP contribution in [0.1, 0.15) is 11.1 Å². The molecule has 0 radical (unpaired) electrons. The SMILES string of the molecule is O=C(C=Cc1ccc(O)cc1)OCC1OC(Oc2ccccc2CO)C(O)C(O)C1O. The Morgan fingerprint density at radius 3 is 2.42 bits per heavy atom. The third kappa shape index (κ3) is 5.81. The van der Waals surface area contributed by atoms with Crippen LogP contribution in [0.25, 0.3) is 6.08 Å². The zero-order valence-electron chi connectivity index (χ0n) is 16.4. The van der Waals surface area contributed by atoms with Gasteiger partial charge >= 0.3 is 5.97 Å². The Morgan fingerprint density at radius 2 is 1.71 bits per heavy atom. The first kappa shape index (κ1) is 22.7. The number of rotatable bonds is 7. The fourth-order valence-electron chi connectivity index (χ4n) is 2.99. The molecule has 1 heterocycles. The highest BCUT2D eigenvalue weighted by molar-refractivity contribution is 5.87. The number of phenolic OH excluding ortho intramolecular Hbond substituents is 1. The number of esters is 1. The molecule has 1 aliphatic heterocycles. The van der Waals surface area contributed by atoms with E-state index in [1.807, 2.05) is 0 Å². The quantitative estimate of drug-likeness (QED) is 0.308. The van der Waals surface area contributed by atoms with Gasteiger partial charge in [-0.2, -0.15) is 0 Å². The van der Waals surface area contributed by atoms with Gasteiger partial charge in [0, 0.05) is 11.6 Å². The maximum atomic E-state index is 12.0. The summed E-state index contributed by atoms with van der Waals surface area (Å²) in [4.78, 5) is 12.0. The van der Waals surface area contributed by atoms with Crippen molar-refractivity contribution in [3.05, 3.63) is 65.7 Å². The van der Waals surface area contributed by atoms with Gasteiger partial charge in [0.05, 0.1) is 6.61 Å². The van der Waals surface area contributed by atoms with Crippen molar-refractivity contribution >= 4 is 12.0 Å². The smallest absolute Gasteiger partial charge is 0.330 e. The Labute approximate surface area is 178 Å². The number of carbonyl (C=O) groups is 1. The largest absolute Gasteiger partial charge is 0.508 e. The van der Waals surface area contributed by atoms with E-state index in [0.29, 0.717) is 11.1 Å². The monoisotopic (exact) mass is 432 g/mol. The molecule has 9 nitrogen and oxygen atoms in total. The summed E-state index contributed by atoms with van der Waals surface area (Å²) in [5.41, 5.74) is 1.11. The second kappa shape index (κ2) is 10.4. The van der Waals surface area contributed by atoms with Crippen LogP contribution in [0, 0.1) is 0 Å². The van der Waals surface area contributed by atoms with Crippen LogP contribution in [-0.2, 0) is 20.9 Å². The fourth-order valence-corrected chi connectivity index (χ4v) is 2.99. The first-order valence-corrected chi connectivity index (χ1v) is 9.58. The molecule has 5 N–H and O–H groups in total. The first-order chi connectivity index (χ1) is 14.9. The van der Waals surface area contributed by atoms with E-state index in [1.165, 1.54) is 24.3 Å². The number of carbonyl (C=O) groups excluding carboxylic acids is 1. The molecule has 1 saturated heterocycles. The minimum absolute atomic E-state index is 0.0993. The molecule has 5 unspecified atom stereocenters. The van der Waals surface area contributed by atoms with E-state index >= 15 is 0 Å². The zero-order chi connectivity index (χ0) is 22.4. The van der Waals surface area contributed by atoms with Gasteiger partial charge in [-0.3, -0.25) is 0 Å². The minimum Gasteiger partial charge on any atom is -0.508 e. The lowest BCUT2D eigenvalue weighted by Gasteiger charge is -2.40. The molecule has 5 atom stereocenters. The molecule has 2 aromatic carbocycles. The molecule has 2 aromatic rings. The third-order valence-corrected chi connectivity index (χ3v) is 4.75. The third-order valence-electron chi connectivity index (χ3n) is 4.75. The van der Waals surface area contributed by atoms with Crippen LogP contribution >= 0.6 is 0 Å². The van der Waals surface area contributed by atoms with Crippen molar-refractivity contribution in [1.82, 2.24) is 0 Å². The second-order valence-corrected chi connectivity index (χ2v) is 6.95. The van der Waals surface area contributed by atoms with Crippen molar-refractivity contribution < 1.29 is 44.5 Å². The van der Waals surface area contributed by atoms with Gasteiger partial charge in [-0.05, 0) is 29.8 Å². The van der Waals surface area contributed by atoms with Crippen molar-refractivity contribution in [2.75, 3.05) is 6.61 Å². The number of aliphatic hydroxyl groups excluding tert-OH is 4. The number of benzene rings is 2. The van der Waals surface area contributed by atoms with E-state index in [0.717, 1.165) is 0 Å². The van der Waals surface area contributed by atoms with Gasteiger partial charge < -0.3 is 39.7 Å². The van der Waals surface area contributed by atoms with Crippen molar-refractivity contribution in [3.8, 4) is 11.5 Å². The number of aliphatic hydroxyl groups is 4. The molecule has 0 aliphatic carbocycles. The summed E-state index contributed by atoms with van der Waals surface area (Å²) in [6.07, 6.45) is -4.55. The molecular formula is C22H24O9. The van der Waals surface area contributed by atoms with Gasteiger partial charge in [-0.1, -0.05) is 30.3 Å². The molecule has 0 aromatic heterocycles. The number of phenols is 1. The Kier molecular flexibility index (Phi) is 7.61. The van der Waals surface area contributed by atoms with Crippen LogP contribution < -0.4 is 4.74 Å². The Hall–Kier alpha value is -2.95. The van der Waals surface area contributed by atoms with Crippen LogP contribution in [0.4, 0.5) is 0 Å². The predicted molar refractivity (Wildman–Crippen MR) is 108 cm³/mol. The fraction of sp³-hybridized carbons (Fsp3) is 0.318. The summed E-state index contributed by atoms with van der Waals surface area (Å²) in [7, 11) is 0. The Balaban J connectivity index is 1.60. The van der Waals surface area contributed by atoms with Crippen LogP contribution in [0.5, 0.6) is 11.5 Å². The number of hydrogen-bond acceptors (Lipinski definition) is 9.